The number of nitrogens with one attached hydrogen (secondary N) is 2. The predicted molar refractivity (Wildman–Crippen MR) is 117 cm³/mol. The average Bonchev–Trinajstić information content (AvgIpc) is 2.70. The van der Waals surface area contributed by atoms with Gasteiger partial charge in [-0.1, -0.05) is 0 Å². The van der Waals surface area contributed by atoms with Gasteiger partial charge in [-0.15, -0.1) is 0 Å². The Balaban J connectivity index is 1.92. The van der Waals surface area contributed by atoms with Crippen LogP contribution in [0, 0.1) is 44.4 Å². The standard InChI is InChI=1S/C23H22N6O/c1-12-7-16(8-13(2)28-12)21(26)19-9-18(5-6-20(19)25)29-23(30)22-15(4)14(3)17(10-24)11-27-22/h5-9,11,26H,25H2,1-4H3,(H,29,30). The van der Waals surface area contributed by atoms with Gasteiger partial charge in [0, 0.05) is 40.1 Å². The van der Waals surface area contributed by atoms with Gasteiger partial charge in [0.15, 0.2) is 0 Å². The van der Waals surface area contributed by atoms with Gasteiger partial charge in [0.1, 0.15) is 11.8 Å². The van der Waals surface area contributed by atoms with Crippen LogP contribution in [0.3, 0.4) is 0 Å². The summed E-state index contributed by atoms with van der Waals surface area (Å²) in [4.78, 5) is 21.2. The number of nitrogens with two attached hydrogens (primary N) is 1. The van der Waals surface area contributed by atoms with E-state index in [-0.39, 0.29) is 11.4 Å². The molecule has 0 aliphatic carbocycles. The zero-order chi connectivity index (χ0) is 22.0. The van der Waals surface area contributed by atoms with E-state index >= 15 is 0 Å². The van der Waals surface area contributed by atoms with Gasteiger partial charge in [0.05, 0.1) is 11.3 Å². The van der Waals surface area contributed by atoms with E-state index < -0.39 is 5.91 Å². The van der Waals surface area contributed by atoms with Crippen molar-refractivity contribution in [1.29, 1.82) is 10.7 Å². The quantitative estimate of drug-likeness (QED) is 0.454. The highest BCUT2D eigenvalue weighted by Gasteiger charge is 2.16. The molecule has 7 heteroatoms. The Morgan fingerprint density at radius 3 is 2.40 bits per heavy atom. The summed E-state index contributed by atoms with van der Waals surface area (Å²) in [6.45, 7) is 7.29. The van der Waals surface area contributed by atoms with E-state index in [1.165, 1.54) is 6.20 Å². The second-order valence-corrected chi connectivity index (χ2v) is 7.15. The van der Waals surface area contributed by atoms with Crippen LogP contribution in [0.15, 0.2) is 36.5 Å². The first kappa shape index (κ1) is 20.7. The van der Waals surface area contributed by atoms with E-state index in [0.29, 0.717) is 33.6 Å². The lowest BCUT2D eigenvalue weighted by Crippen LogP contribution is -2.17. The normalized spacial score (nSPS) is 10.4. The fourth-order valence-corrected chi connectivity index (χ4v) is 3.22. The van der Waals surface area contributed by atoms with E-state index in [0.717, 1.165) is 17.0 Å². The van der Waals surface area contributed by atoms with Crippen LogP contribution in [0.1, 0.15) is 49.7 Å². The molecular weight excluding hydrogens is 376 g/mol. The molecule has 30 heavy (non-hydrogen) atoms. The first-order valence-electron chi connectivity index (χ1n) is 9.33. The SMILES string of the molecule is Cc1cc(C(=N)c2cc(NC(=O)c3ncc(C#N)c(C)c3C)ccc2N)cc(C)n1. The summed E-state index contributed by atoms with van der Waals surface area (Å²) in [5.74, 6) is -0.391. The fraction of sp³-hybridized carbons (Fsp3) is 0.174. The summed E-state index contributed by atoms with van der Waals surface area (Å²) >= 11 is 0. The molecule has 0 saturated carbocycles. The fourth-order valence-electron chi connectivity index (χ4n) is 3.22. The largest absolute Gasteiger partial charge is 0.398 e. The number of anilines is 2. The third-order valence-electron chi connectivity index (χ3n) is 4.93. The maximum absolute atomic E-state index is 12.8. The van der Waals surface area contributed by atoms with E-state index in [4.69, 9.17) is 16.4 Å². The molecule has 0 atom stereocenters. The van der Waals surface area contributed by atoms with Crippen molar-refractivity contribution in [3.05, 3.63) is 81.4 Å². The number of nitriles is 1. The average molecular weight is 398 g/mol. The van der Waals surface area contributed by atoms with Crippen LogP contribution in [0.2, 0.25) is 0 Å². The summed E-state index contributed by atoms with van der Waals surface area (Å²) in [6.07, 6.45) is 1.40. The van der Waals surface area contributed by atoms with Crippen LogP contribution >= 0.6 is 0 Å². The molecule has 3 aromatic rings. The number of rotatable bonds is 4. The predicted octanol–water partition coefficient (Wildman–Crippen LogP) is 3.83. The highest BCUT2D eigenvalue weighted by atomic mass is 16.1. The van der Waals surface area contributed by atoms with Crippen molar-refractivity contribution >= 4 is 23.0 Å². The molecule has 1 amide bonds. The number of carbonyl (C=O) groups is 1. The Morgan fingerprint density at radius 2 is 1.77 bits per heavy atom. The van der Waals surface area contributed by atoms with Gasteiger partial charge in [0.2, 0.25) is 0 Å². The third kappa shape index (κ3) is 4.03. The molecule has 4 N–H and O–H groups in total. The first-order valence-corrected chi connectivity index (χ1v) is 9.33. The summed E-state index contributed by atoms with van der Waals surface area (Å²) < 4.78 is 0. The van der Waals surface area contributed by atoms with Crippen LogP contribution in [0.4, 0.5) is 11.4 Å². The molecule has 2 heterocycles. The van der Waals surface area contributed by atoms with Crippen molar-refractivity contribution in [1.82, 2.24) is 9.97 Å². The first-order chi connectivity index (χ1) is 14.2. The lowest BCUT2D eigenvalue weighted by Gasteiger charge is -2.13. The second kappa shape index (κ2) is 8.13. The van der Waals surface area contributed by atoms with Gasteiger partial charge in [-0.3, -0.25) is 15.2 Å². The van der Waals surface area contributed by atoms with Crippen molar-refractivity contribution in [3.63, 3.8) is 0 Å². The Labute approximate surface area is 175 Å². The number of hydrogen-bond donors (Lipinski definition) is 3. The Hall–Kier alpha value is -4.05. The second-order valence-electron chi connectivity index (χ2n) is 7.15. The van der Waals surface area contributed by atoms with Gasteiger partial charge in [0.25, 0.3) is 5.91 Å². The number of hydrogen-bond acceptors (Lipinski definition) is 6. The van der Waals surface area contributed by atoms with E-state index in [1.54, 1.807) is 32.0 Å². The molecule has 1 aromatic carbocycles. The molecule has 7 nitrogen and oxygen atoms in total. The molecule has 0 fully saturated rings. The van der Waals surface area contributed by atoms with Crippen LogP contribution in [-0.4, -0.2) is 21.6 Å². The minimum absolute atomic E-state index is 0.250. The highest BCUT2D eigenvalue weighted by Crippen LogP contribution is 2.23. The van der Waals surface area contributed by atoms with Crippen molar-refractivity contribution in [3.8, 4) is 6.07 Å². The molecule has 0 aliphatic rings. The third-order valence-corrected chi connectivity index (χ3v) is 4.93. The molecule has 0 aliphatic heterocycles. The highest BCUT2D eigenvalue weighted by molar-refractivity contribution is 6.15. The topological polar surface area (TPSA) is 129 Å². The van der Waals surface area contributed by atoms with E-state index in [2.05, 4.69) is 21.4 Å². The summed E-state index contributed by atoms with van der Waals surface area (Å²) in [5, 5.41) is 20.5. The van der Waals surface area contributed by atoms with Crippen LogP contribution in [0.5, 0.6) is 0 Å². The zero-order valence-electron chi connectivity index (χ0n) is 17.3. The Morgan fingerprint density at radius 1 is 1.10 bits per heavy atom. The van der Waals surface area contributed by atoms with Gasteiger partial charge >= 0.3 is 0 Å². The number of pyridine rings is 2. The number of aromatic nitrogens is 2. The molecule has 0 spiro atoms. The molecular formula is C23H22N6O. The van der Waals surface area contributed by atoms with Gasteiger partial charge in [-0.25, -0.2) is 4.98 Å². The number of amides is 1. The maximum atomic E-state index is 12.8. The molecule has 0 saturated heterocycles. The number of benzene rings is 1. The minimum Gasteiger partial charge on any atom is -0.398 e. The molecule has 2 aromatic heterocycles. The van der Waals surface area contributed by atoms with Crippen LogP contribution in [-0.2, 0) is 0 Å². The van der Waals surface area contributed by atoms with Crippen molar-refractivity contribution < 1.29 is 4.79 Å². The van der Waals surface area contributed by atoms with Crippen molar-refractivity contribution in [2.75, 3.05) is 11.1 Å². The number of nitrogens with zero attached hydrogens (tertiary/aromatic N) is 3. The summed E-state index contributed by atoms with van der Waals surface area (Å²) in [6, 6.07) is 10.7. The number of aryl methyl sites for hydroxylation is 2. The van der Waals surface area contributed by atoms with Crippen LogP contribution in [0.25, 0.3) is 0 Å². The lowest BCUT2D eigenvalue weighted by molar-refractivity contribution is 0.102. The van der Waals surface area contributed by atoms with Gasteiger partial charge < -0.3 is 11.1 Å². The van der Waals surface area contributed by atoms with E-state index in [9.17, 15) is 4.79 Å². The molecule has 150 valence electrons. The van der Waals surface area contributed by atoms with Crippen molar-refractivity contribution in [2.24, 2.45) is 0 Å². The van der Waals surface area contributed by atoms with Gasteiger partial charge in [-0.05, 0) is 69.2 Å². The number of carbonyl (C=O) groups excluding carboxylic acids is 1. The monoisotopic (exact) mass is 398 g/mol. The molecule has 0 radical (unpaired) electrons. The zero-order valence-corrected chi connectivity index (χ0v) is 17.3. The van der Waals surface area contributed by atoms with Crippen LogP contribution < -0.4 is 11.1 Å². The van der Waals surface area contributed by atoms with Gasteiger partial charge in [-0.2, -0.15) is 5.26 Å². The molecule has 0 bridgehead atoms. The molecule has 3 rings (SSSR count). The summed E-state index contributed by atoms with van der Waals surface area (Å²) in [5.41, 5.74) is 12.2. The minimum atomic E-state index is -0.391. The smallest absolute Gasteiger partial charge is 0.274 e. The summed E-state index contributed by atoms with van der Waals surface area (Å²) in [7, 11) is 0. The van der Waals surface area contributed by atoms with Crippen molar-refractivity contribution in [2.45, 2.75) is 27.7 Å². The molecule has 0 unspecified atom stereocenters. The van der Waals surface area contributed by atoms with E-state index in [1.807, 2.05) is 26.0 Å². The Bertz CT molecular complexity index is 1200. The number of nitrogen functional groups attached to an aromatic ring is 1. The lowest BCUT2D eigenvalue weighted by atomic mass is 9.99. The Kier molecular flexibility index (Phi) is 5.61. The maximum Gasteiger partial charge on any atom is 0.274 e.